The molecule has 1 N–H and O–H groups in total. The smallest absolute Gasteiger partial charge is 0.271 e. The van der Waals surface area contributed by atoms with Gasteiger partial charge in [0, 0.05) is 10.6 Å². The molecule has 1 amide bonds. The van der Waals surface area contributed by atoms with Gasteiger partial charge in [-0.25, -0.2) is 5.43 Å². The van der Waals surface area contributed by atoms with Gasteiger partial charge >= 0.3 is 0 Å². The lowest BCUT2D eigenvalue weighted by Gasteiger charge is -2.07. The van der Waals surface area contributed by atoms with Gasteiger partial charge in [-0.15, -0.1) is 0 Å². The van der Waals surface area contributed by atoms with E-state index in [4.69, 9.17) is 16.3 Å². The number of carbonyl (C=O) groups excluding carboxylic acids is 1. The molecule has 4 nitrogen and oxygen atoms in total. The lowest BCUT2D eigenvalue weighted by Crippen LogP contribution is -2.17. The molecule has 26 heavy (non-hydrogen) atoms. The first-order valence-electron chi connectivity index (χ1n) is 8.06. The number of amides is 1. The number of halogens is 1. The van der Waals surface area contributed by atoms with E-state index in [2.05, 4.69) is 10.5 Å². The van der Waals surface area contributed by atoms with Crippen LogP contribution in [0.1, 0.15) is 21.5 Å². The van der Waals surface area contributed by atoms with Crippen molar-refractivity contribution in [1.82, 2.24) is 5.43 Å². The van der Waals surface area contributed by atoms with Crippen LogP contribution in [0.4, 0.5) is 0 Å². The summed E-state index contributed by atoms with van der Waals surface area (Å²) < 4.78 is 5.70. The zero-order valence-electron chi connectivity index (χ0n) is 13.9. The van der Waals surface area contributed by atoms with Gasteiger partial charge in [0.2, 0.25) is 0 Å². The molecule has 0 spiro atoms. The minimum absolute atomic E-state index is 0.276. The molecule has 3 aromatic rings. The second kappa shape index (κ2) is 8.83. The molecular formula is C21H17ClN2O2. The van der Waals surface area contributed by atoms with Crippen molar-refractivity contribution in [1.29, 1.82) is 0 Å². The minimum Gasteiger partial charge on any atom is -0.489 e. The van der Waals surface area contributed by atoms with Gasteiger partial charge in [0.05, 0.1) is 6.21 Å². The summed E-state index contributed by atoms with van der Waals surface area (Å²) in [6.07, 6.45) is 1.60. The van der Waals surface area contributed by atoms with Crippen LogP contribution in [-0.2, 0) is 6.61 Å². The predicted octanol–water partition coefficient (Wildman–Crippen LogP) is 4.68. The van der Waals surface area contributed by atoms with E-state index in [1.54, 1.807) is 30.5 Å². The number of hydrogen-bond donors (Lipinski definition) is 1. The van der Waals surface area contributed by atoms with Gasteiger partial charge < -0.3 is 4.74 Å². The van der Waals surface area contributed by atoms with Gasteiger partial charge in [0.25, 0.3) is 5.91 Å². The summed E-state index contributed by atoms with van der Waals surface area (Å²) in [4.78, 5) is 12.1. The fraction of sp³-hybridized carbons (Fsp3) is 0.0476. The van der Waals surface area contributed by atoms with E-state index in [1.807, 2.05) is 54.6 Å². The molecule has 0 aliphatic carbocycles. The third-order valence-corrected chi connectivity index (χ3v) is 3.87. The maximum atomic E-state index is 12.1. The summed E-state index contributed by atoms with van der Waals surface area (Å²) in [5.74, 6) is 0.408. The molecule has 0 saturated carbocycles. The maximum absolute atomic E-state index is 12.1. The number of hydrazone groups is 1. The Labute approximate surface area is 157 Å². The van der Waals surface area contributed by atoms with Gasteiger partial charge in [0.15, 0.2) is 0 Å². The van der Waals surface area contributed by atoms with E-state index in [1.165, 1.54) is 0 Å². The Morgan fingerprint density at radius 1 is 0.962 bits per heavy atom. The normalized spacial score (nSPS) is 10.7. The third kappa shape index (κ3) is 5.19. The molecule has 130 valence electrons. The first-order chi connectivity index (χ1) is 12.7. The third-order valence-electron chi connectivity index (χ3n) is 3.61. The van der Waals surface area contributed by atoms with Crippen molar-refractivity contribution < 1.29 is 9.53 Å². The molecule has 0 radical (unpaired) electrons. The summed E-state index contributed by atoms with van der Waals surface area (Å²) in [5, 5.41) is 4.65. The van der Waals surface area contributed by atoms with Gasteiger partial charge in [-0.05, 0) is 47.5 Å². The summed E-state index contributed by atoms with van der Waals surface area (Å²) in [5.41, 5.74) is 4.95. The molecule has 0 unspecified atom stereocenters. The Balaban J connectivity index is 1.52. The number of rotatable bonds is 6. The van der Waals surface area contributed by atoms with Crippen molar-refractivity contribution in [2.24, 2.45) is 5.10 Å². The number of ether oxygens (including phenoxy) is 1. The number of benzene rings is 3. The van der Waals surface area contributed by atoms with Crippen LogP contribution in [0, 0.1) is 0 Å². The molecule has 0 saturated heterocycles. The van der Waals surface area contributed by atoms with Gasteiger partial charge in [-0.2, -0.15) is 5.10 Å². The largest absolute Gasteiger partial charge is 0.489 e. The zero-order chi connectivity index (χ0) is 18.2. The number of carbonyl (C=O) groups is 1. The van der Waals surface area contributed by atoms with E-state index in [0.29, 0.717) is 22.9 Å². The molecule has 3 aromatic carbocycles. The van der Waals surface area contributed by atoms with Crippen molar-refractivity contribution in [3.05, 3.63) is 101 Å². The monoisotopic (exact) mass is 364 g/mol. The highest BCUT2D eigenvalue weighted by atomic mass is 35.5. The molecule has 0 aliphatic rings. The standard InChI is InChI=1S/C21H17ClN2O2/c22-19-10-6-17(7-11-19)15-26-20-12-8-18(9-13-20)21(25)24-23-14-16-4-2-1-3-5-16/h1-14H,15H2,(H,24,25). The van der Waals surface area contributed by atoms with Crippen LogP contribution in [0.25, 0.3) is 0 Å². The van der Waals surface area contributed by atoms with Crippen molar-refractivity contribution in [3.8, 4) is 5.75 Å². The molecule has 0 fully saturated rings. The van der Waals surface area contributed by atoms with E-state index in [9.17, 15) is 4.79 Å². The second-order valence-corrected chi connectivity index (χ2v) is 5.99. The van der Waals surface area contributed by atoms with Crippen LogP contribution in [0.3, 0.4) is 0 Å². The Hall–Kier alpha value is -3.11. The van der Waals surface area contributed by atoms with E-state index < -0.39 is 0 Å². The Morgan fingerprint density at radius 2 is 1.65 bits per heavy atom. The minimum atomic E-state index is -0.276. The molecule has 0 bridgehead atoms. The van der Waals surface area contributed by atoms with Crippen LogP contribution in [-0.4, -0.2) is 12.1 Å². The first-order valence-corrected chi connectivity index (χ1v) is 8.44. The number of nitrogens with one attached hydrogen (secondary N) is 1. The van der Waals surface area contributed by atoms with Gasteiger partial charge in [-0.3, -0.25) is 4.79 Å². The Bertz CT molecular complexity index is 876. The molecule has 5 heteroatoms. The molecule has 3 rings (SSSR count). The summed E-state index contributed by atoms with van der Waals surface area (Å²) in [7, 11) is 0. The van der Waals surface area contributed by atoms with Crippen molar-refractivity contribution >= 4 is 23.7 Å². The second-order valence-electron chi connectivity index (χ2n) is 5.55. The van der Waals surface area contributed by atoms with Crippen molar-refractivity contribution in [3.63, 3.8) is 0 Å². The Kier molecular flexibility index (Phi) is 6.01. The average Bonchev–Trinajstić information content (AvgIpc) is 2.69. The summed E-state index contributed by atoms with van der Waals surface area (Å²) >= 11 is 5.86. The van der Waals surface area contributed by atoms with E-state index in [-0.39, 0.29) is 5.91 Å². The fourth-order valence-electron chi connectivity index (χ4n) is 2.22. The zero-order valence-corrected chi connectivity index (χ0v) is 14.7. The molecule has 0 atom stereocenters. The molecule has 0 heterocycles. The highest BCUT2D eigenvalue weighted by Gasteiger charge is 2.04. The lowest BCUT2D eigenvalue weighted by atomic mass is 10.2. The highest BCUT2D eigenvalue weighted by Crippen LogP contribution is 2.15. The molecule has 0 aromatic heterocycles. The SMILES string of the molecule is O=C(NN=Cc1ccccc1)c1ccc(OCc2ccc(Cl)cc2)cc1. The molecular weight excluding hydrogens is 348 g/mol. The van der Waals surface area contributed by atoms with Crippen molar-refractivity contribution in [2.45, 2.75) is 6.61 Å². The first kappa shape index (κ1) is 17.7. The van der Waals surface area contributed by atoms with E-state index in [0.717, 1.165) is 11.1 Å². The van der Waals surface area contributed by atoms with Gasteiger partial charge in [0.1, 0.15) is 12.4 Å². The summed E-state index contributed by atoms with van der Waals surface area (Å²) in [6, 6.07) is 23.9. The predicted molar refractivity (Wildman–Crippen MR) is 104 cm³/mol. The van der Waals surface area contributed by atoms with Crippen LogP contribution >= 0.6 is 11.6 Å². The topological polar surface area (TPSA) is 50.7 Å². The van der Waals surface area contributed by atoms with Crippen LogP contribution in [0.2, 0.25) is 5.02 Å². The Morgan fingerprint density at radius 3 is 2.35 bits per heavy atom. The van der Waals surface area contributed by atoms with E-state index >= 15 is 0 Å². The highest BCUT2D eigenvalue weighted by molar-refractivity contribution is 6.30. The number of nitrogens with zero attached hydrogens (tertiary/aromatic N) is 1. The van der Waals surface area contributed by atoms with Crippen LogP contribution < -0.4 is 10.2 Å². The lowest BCUT2D eigenvalue weighted by molar-refractivity contribution is 0.0955. The van der Waals surface area contributed by atoms with Gasteiger partial charge in [-0.1, -0.05) is 54.1 Å². The summed E-state index contributed by atoms with van der Waals surface area (Å²) in [6.45, 7) is 0.435. The number of hydrogen-bond acceptors (Lipinski definition) is 3. The molecule has 0 aliphatic heterocycles. The fourth-order valence-corrected chi connectivity index (χ4v) is 2.34. The van der Waals surface area contributed by atoms with Crippen molar-refractivity contribution in [2.75, 3.05) is 0 Å². The maximum Gasteiger partial charge on any atom is 0.271 e. The van der Waals surface area contributed by atoms with Crippen LogP contribution in [0.15, 0.2) is 84.0 Å². The quantitative estimate of drug-likeness (QED) is 0.510. The average molecular weight is 365 g/mol. The van der Waals surface area contributed by atoms with Crippen LogP contribution in [0.5, 0.6) is 5.75 Å².